The van der Waals surface area contributed by atoms with Gasteiger partial charge in [0.1, 0.15) is 54.1 Å². The predicted molar refractivity (Wildman–Crippen MR) is 239 cm³/mol. The fourth-order valence-corrected chi connectivity index (χ4v) is 6.67. The number of carbonyl (C=O) groups excluding carboxylic acids is 8. The SMILES string of the molecule is CC(C)C[C@H](NC(=O)[C@H](CCC(=O)O)NC(=O)[C@H](CCC(N)=O)NC(=O)[C@@H](NC(=O)[C@H](CO)NC(=O)[C@@H](N)C(C)C)[C@@H](C)O[P+](O)(O)O)C(=O)N[C@@H](Cc1ccc(O)cc1)C(=O)N[C@@H](CO)C(=O)O. The largest absolute Gasteiger partial charge is 0.567 e. The summed E-state index contributed by atoms with van der Waals surface area (Å²) in [5.74, 6) is -13.1. The van der Waals surface area contributed by atoms with E-state index in [0.717, 1.165) is 6.92 Å². The van der Waals surface area contributed by atoms with Crippen LogP contribution >= 0.6 is 8.17 Å². The van der Waals surface area contributed by atoms with Gasteiger partial charge >= 0.3 is 20.1 Å². The summed E-state index contributed by atoms with van der Waals surface area (Å²) in [6, 6.07) is -8.24. The molecular weight excluding hydrogens is 941 g/mol. The molecule has 0 aromatic heterocycles. The number of phenolic OH excluding ortho intramolecular Hbond substituents is 1. The van der Waals surface area contributed by atoms with Crippen molar-refractivity contribution in [2.75, 3.05) is 13.2 Å². The summed E-state index contributed by atoms with van der Waals surface area (Å²) >= 11 is 0. The monoisotopic (exact) mass is 1010 g/mol. The molecule has 1 aromatic rings. The summed E-state index contributed by atoms with van der Waals surface area (Å²) in [5, 5.41) is 63.6. The Labute approximate surface area is 396 Å². The number of rotatable bonds is 31. The van der Waals surface area contributed by atoms with Crippen molar-refractivity contribution in [2.24, 2.45) is 23.3 Å². The van der Waals surface area contributed by atoms with Crippen LogP contribution in [-0.4, -0.2) is 167 Å². The van der Waals surface area contributed by atoms with Crippen molar-refractivity contribution in [3.63, 3.8) is 0 Å². The van der Waals surface area contributed by atoms with E-state index in [1.54, 1.807) is 27.7 Å². The van der Waals surface area contributed by atoms with Gasteiger partial charge in [-0.25, -0.2) is 4.79 Å². The molecule has 0 unspecified atom stereocenters. The van der Waals surface area contributed by atoms with E-state index in [-0.39, 0.29) is 24.5 Å². The van der Waals surface area contributed by atoms with E-state index in [1.165, 1.54) is 24.3 Å². The quantitative estimate of drug-likeness (QED) is 0.0309. The average Bonchev–Trinajstić information content (AvgIpc) is 3.24. The van der Waals surface area contributed by atoms with E-state index in [4.69, 9.17) is 16.0 Å². The number of carboxylic acids is 2. The van der Waals surface area contributed by atoms with Crippen LogP contribution in [0, 0.1) is 11.8 Å². The normalized spacial score (nSPS) is 15.4. The van der Waals surface area contributed by atoms with Gasteiger partial charge in [-0.3, -0.25) is 43.2 Å². The Morgan fingerprint density at radius 1 is 0.594 bits per heavy atom. The average molecular weight is 1010 g/mol. The number of aromatic hydroxyl groups is 1. The standard InChI is InChI=1S/C40H64N9O19P/c1-18(2)14-25(35(58)46-26(15-21-6-8-22(52)9-7-21)36(59)48-28(17-51)40(63)64)45-34(57)24(11-13-30(54)55)43-33(56)23(10-12-29(41)53)44-39(62)32(20(5)68-69(65,66)67)49-37(60)27(16-50)47-38(61)31(42)19(3)4/h6-9,18-20,23-28,31-32,50-51,65-67H,10-17,42H2,1-5H3,(H11-,41,43,44,45,46,47,48,49,52,53,54,55,56,57,58,59,60,61,62,63,64)/p+1/t20-,23+,24+,25+,26+,27+,28+,31+,32+/m1/s1. The van der Waals surface area contributed by atoms with Crippen LogP contribution < -0.4 is 48.7 Å². The molecular formula is C40H65N9O19P+. The van der Waals surface area contributed by atoms with Crippen LogP contribution in [-0.2, 0) is 58.9 Å². The summed E-state index contributed by atoms with van der Waals surface area (Å²) in [7, 11) is -5.17. The third-order valence-corrected chi connectivity index (χ3v) is 10.5. The van der Waals surface area contributed by atoms with Gasteiger partial charge in [0.15, 0.2) is 0 Å². The molecule has 0 bridgehead atoms. The van der Waals surface area contributed by atoms with Gasteiger partial charge in [-0.1, -0.05) is 39.8 Å². The van der Waals surface area contributed by atoms with Gasteiger partial charge in [-0.05, 0) is 55.7 Å². The molecule has 0 heterocycles. The first kappa shape index (κ1) is 60.9. The molecule has 69 heavy (non-hydrogen) atoms. The summed E-state index contributed by atoms with van der Waals surface area (Å²) in [6.07, 6.45) is -4.99. The molecule has 0 saturated carbocycles. The smallest absolute Gasteiger partial charge is 0.508 e. The van der Waals surface area contributed by atoms with Crippen molar-refractivity contribution >= 4 is 67.4 Å². The Bertz CT molecular complexity index is 1950. The highest BCUT2D eigenvalue weighted by Crippen LogP contribution is 2.47. The molecule has 0 aliphatic rings. The Balaban J connectivity index is 3.60. The lowest BCUT2D eigenvalue weighted by molar-refractivity contribution is -0.143. The lowest BCUT2D eigenvalue weighted by Gasteiger charge is -2.29. The Kier molecular flexibility index (Phi) is 25.6. The molecule has 0 fully saturated rings. The van der Waals surface area contributed by atoms with Crippen molar-refractivity contribution in [1.82, 2.24) is 37.2 Å². The summed E-state index contributed by atoms with van der Waals surface area (Å²) in [4.78, 5) is 159. The second kappa shape index (κ2) is 29.0. The number of primary amides is 1. The number of hydrogen-bond acceptors (Lipinski definition) is 18. The fourth-order valence-electron chi connectivity index (χ4n) is 6.11. The van der Waals surface area contributed by atoms with Gasteiger partial charge in [-0.15, -0.1) is 4.52 Å². The zero-order chi connectivity index (χ0) is 52.9. The number of aliphatic hydroxyl groups is 2. The van der Waals surface area contributed by atoms with Crippen LogP contribution in [0.25, 0.3) is 0 Å². The molecule has 0 saturated heterocycles. The molecule has 29 heteroatoms. The number of aliphatic carboxylic acids is 2. The Morgan fingerprint density at radius 3 is 1.49 bits per heavy atom. The van der Waals surface area contributed by atoms with Crippen LogP contribution in [0.3, 0.4) is 0 Å². The van der Waals surface area contributed by atoms with Crippen LogP contribution in [0.15, 0.2) is 24.3 Å². The first-order valence-corrected chi connectivity index (χ1v) is 22.9. The number of carboxylic acid groups (broad SMARTS) is 2. The lowest BCUT2D eigenvalue weighted by Crippen LogP contribution is -2.62. The van der Waals surface area contributed by atoms with Crippen LogP contribution in [0.2, 0.25) is 0 Å². The Hall–Kier alpha value is -6.13. The first-order valence-electron chi connectivity index (χ1n) is 21.4. The second-order valence-corrected chi connectivity index (χ2v) is 17.8. The minimum absolute atomic E-state index is 0.137. The summed E-state index contributed by atoms with van der Waals surface area (Å²) in [5.41, 5.74) is 11.5. The molecule has 1 aromatic carbocycles. The highest BCUT2D eigenvalue weighted by molar-refractivity contribution is 7.53. The maximum Gasteiger partial charge on any atom is 0.567 e. The van der Waals surface area contributed by atoms with Gasteiger partial charge in [0.25, 0.3) is 0 Å². The van der Waals surface area contributed by atoms with E-state index in [9.17, 15) is 88.2 Å². The third-order valence-electron chi connectivity index (χ3n) is 9.93. The molecule has 0 spiro atoms. The second-order valence-electron chi connectivity index (χ2n) is 16.6. The summed E-state index contributed by atoms with van der Waals surface area (Å²) in [6.45, 7) is 5.36. The number of amides is 8. The molecule has 19 N–H and O–H groups in total. The van der Waals surface area contributed by atoms with E-state index in [2.05, 4.69) is 37.2 Å². The molecule has 0 aliphatic heterocycles. The van der Waals surface area contributed by atoms with Crippen molar-refractivity contribution in [3.8, 4) is 5.75 Å². The first-order chi connectivity index (χ1) is 32.0. The van der Waals surface area contributed by atoms with E-state index >= 15 is 0 Å². The molecule has 28 nitrogen and oxygen atoms in total. The molecule has 0 aliphatic carbocycles. The number of phenols is 1. The van der Waals surface area contributed by atoms with Gasteiger partial charge in [0.2, 0.25) is 47.3 Å². The van der Waals surface area contributed by atoms with Gasteiger partial charge in [-0.2, -0.15) is 14.7 Å². The third kappa shape index (κ3) is 22.7. The molecule has 0 radical (unpaired) electrons. The number of benzene rings is 1. The van der Waals surface area contributed by atoms with Gasteiger partial charge in [0.05, 0.1) is 19.3 Å². The van der Waals surface area contributed by atoms with Crippen molar-refractivity contribution in [2.45, 2.75) is 128 Å². The van der Waals surface area contributed by atoms with E-state index in [0.29, 0.717) is 5.56 Å². The Morgan fingerprint density at radius 2 is 1.03 bits per heavy atom. The highest BCUT2D eigenvalue weighted by atomic mass is 31.2. The van der Waals surface area contributed by atoms with Crippen molar-refractivity contribution < 1.29 is 92.7 Å². The molecule has 8 amide bonds. The topological polar surface area (TPSA) is 478 Å². The highest BCUT2D eigenvalue weighted by Gasteiger charge is 2.43. The molecule has 388 valence electrons. The number of aliphatic hydroxyl groups excluding tert-OH is 2. The zero-order valence-electron chi connectivity index (χ0n) is 38.5. The molecule has 1 rings (SSSR count). The lowest BCUT2D eigenvalue weighted by atomic mass is 10.00. The zero-order valence-corrected chi connectivity index (χ0v) is 39.4. The van der Waals surface area contributed by atoms with Gasteiger partial charge < -0.3 is 74.2 Å². The van der Waals surface area contributed by atoms with Crippen LogP contribution in [0.1, 0.15) is 72.3 Å². The van der Waals surface area contributed by atoms with Crippen LogP contribution in [0.4, 0.5) is 0 Å². The van der Waals surface area contributed by atoms with E-state index in [1.807, 2.05) is 0 Å². The molecule has 9 atom stereocenters. The maximum atomic E-state index is 14.0. The predicted octanol–water partition coefficient (Wildman–Crippen LogP) is -5.38. The van der Waals surface area contributed by atoms with Crippen molar-refractivity contribution in [3.05, 3.63) is 29.8 Å². The fraction of sp³-hybridized carbons (Fsp3) is 0.600. The summed E-state index contributed by atoms with van der Waals surface area (Å²) < 4.78 is 4.71. The van der Waals surface area contributed by atoms with E-state index < -0.39 is 167 Å². The number of nitrogens with one attached hydrogen (secondary N) is 7. The minimum atomic E-state index is -5.17. The number of carbonyl (C=O) groups is 10. The minimum Gasteiger partial charge on any atom is -0.508 e. The number of nitrogens with two attached hydrogens (primary N) is 2. The van der Waals surface area contributed by atoms with Crippen LogP contribution in [0.5, 0.6) is 5.75 Å². The number of hydrogen-bond donors (Lipinski definition) is 17. The maximum absolute atomic E-state index is 14.0. The van der Waals surface area contributed by atoms with Gasteiger partial charge in [0, 0.05) is 19.3 Å². The van der Waals surface area contributed by atoms with Crippen molar-refractivity contribution in [1.29, 1.82) is 0 Å².